The van der Waals surface area contributed by atoms with Crippen molar-refractivity contribution in [3.05, 3.63) is 59.0 Å². The Morgan fingerprint density at radius 3 is 3.00 bits per heavy atom. The van der Waals surface area contributed by atoms with Crippen molar-refractivity contribution in [1.29, 1.82) is 0 Å². The summed E-state index contributed by atoms with van der Waals surface area (Å²) >= 11 is 5.82. The molecular formula is C15H11ClN2O2. The number of esters is 1. The van der Waals surface area contributed by atoms with Crippen LogP contribution in [0.2, 0.25) is 5.02 Å². The number of carbonyl (C=O) groups is 1. The van der Waals surface area contributed by atoms with Crippen LogP contribution in [0, 0.1) is 6.92 Å². The van der Waals surface area contributed by atoms with Gasteiger partial charge in [-0.2, -0.15) is 0 Å². The predicted octanol–water partition coefficient (Wildman–Crippen LogP) is 3.74. The molecule has 0 aliphatic carbocycles. The van der Waals surface area contributed by atoms with Crippen LogP contribution in [0.5, 0.6) is 5.75 Å². The summed E-state index contributed by atoms with van der Waals surface area (Å²) in [6.45, 7) is 1.94. The monoisotopic (exact) mass is 286 g/mol. The lowest BCUT2D eigenvalue weighted by Crippen LogP contribution is -2.09. The third-order valence-corrected chi connectivity index (χ3v) is 3.22. The summed E-state index contributed by atoms with van der Waals surface area (Å²) < 4.78 is 5.31. The number of carbonyl (C=O) groups excluding carboxylic acids is 1. The maximum Gasteiger partial charge on any atom is 0.344 e. The average molecular weight is 287 g/mol. The van der Waals surface area contributed by atoms with Gasteiger partial charge in [-0.15, -0.1) is 0 Å². The van der Waals surface area contributed by atoms with Crippen molar-refractivity contribution in [1.82, 2.24) is 9.97 Å². The van der Waals surface area contributed by atoms with E-state index in [2.05, 4.69) is 9.97 Å². The molecule has 1 N–H and O–H groups in total. The summed E-state index contributed by atoms with van der Waals surface area (Å²) in [5.74, 6) is -0.102. The molecule has 2 heterocycles. The number of halogens is 1. The standard InChI is InChI=1S/C15H11ClN2O2/c1-9-6-18-13-4-2-3-12(14(9)13)15(19)20-11-5-10(16)7-17-8-11/h2-8,18H,1H3. The van der Waals surface area contributed by atoms with E-state index in [9.17, 15) is 4.79 Å². The molecule has 0 saturated carbocycles. The van der Waals surface area contributed by atoms with Crippen LogP contribution in [0.1, 0.15) is 15.9 Å². The second-order valence-electron chi connectivity index (χ2n) is 4.43. The first-order chi connectivity index (χ1) is 9.65. The molecule has 0 radical (unpaired) electrons. The zero-order chi connectivity index (χ0) is 14.1. The summed E-state index contributed by atoms with van der Waals surface area (Å²) in [5, 5.41) is 1.29. The van der Waals surface area contributed by atoms with Gasteiger partial charge in [-0.05, 0) is 24.6 Å². The van der Waals surface area contributed by atoms with E-state index in [0.29, 0.717) is 16.3 Å². The van der Waals surface area contributed by atoms with Crippen LogP contribution in [0.4, 0.5) is 0 Å². The van der Waals surface area contributed by atoms with Crippen LogP contribution in [0.15, 0.2) is 42.9 Å². The van der Waals surface area contributed by atoms with Gasteiger partial charge < -0.3 is 9.72 Å². The molecule has 3 aromatic rings. The number of benzene rings is 1. The Kier molecular flexibility index (Phi) is 3.16. The number of pyridine rings is 1. The van der Waals surface area contributed by atoms with Crippen LogP contribution in [0.3, 0.4) is 0 Å². The first-order valence-corrected chi connectivity index (χ1v) is 6.42. The number of nitrogens with one attached hydrogen (secondary N) is 1. The third kappa shape index (κ3) is 2.26. The van der Waals surface area contributed by atoms with Crippen molar-refractivity contribution in [3.8, 4) is 5.75 Å². The highest BCUT2D eigenvalue weighted by Crippen LogP contribution is 2.24. The smallest absolute Gasteiger partial charge is 0.344 e. The summed E-state index contributed by atoms with van der Waals surface area (Å²) in [4.78, 5) is 19.3. The fourth-order valence-electron chi connectivity index (χ4n) is 2.14. The van der Waals surface area contributed by atoms with E-state index in [1.54, 1.807) is 12.1 Å². The third-order valence-electron chi connectivity index (χ3n) is 3.01. The van der Waals surface area contributed by atoms with Crippen molar-refractivity contribution in [2.75, 3.05) is 0 Å². The Bertz CT molecular complexity index is 795. The lowest BCUT2D eigenvalue weighted by molar-refractivity contribution is 0.0736. The number of hydrogen-bond acceptors (Lipinski definition) is 3. The molecule has 3 rings (SSSR count). The molecule has 0 bridgehead atoms. The fourth-order valence-corrected chi connectivity index (χ4v) is 2.30. The molecule has 0 aliphatic heterocycles. The number of nitrogens with zero attached hydrogens (tertiary/aromatic N) is 1. The summed E-state index contributed by atoms with van der Waals surface area (Å²) in [7, 11) is 0. The number of ether oxygens (including phenoxy) is 1. The van der Waals surface area contributed by atoms with Gasteiger partial charge in [0.2, 0.25) is 0 Å². The maximum absolute atomic E-state index is 12.3. The van der Waals surface area contributed by atoms with Crippen molar-refractivity contribution in [3.63, 3.8) is 0 Å². The molecule has 100 valence electrons. The Morgan fingerprint density at radius 1 is 1.35 bits per heavy atom. The van der Waals surface area contributed by atoms with E-state index in [-0.39, 0.29) is 0 Å². The molecule has 0 spiro atoms. The summed E-state index contributed by atoms with van der Waals surface area (Å²) in [5.41, 5.74) is 2.42. The number of aryl methyl sites for hydroxylation is 1. The topological polar surface area (TPSA) is 55.0 Å². The highest BCUT2D eigenvalue weighted by atomic mass is 35.5. The van der Waals surface area contributed by atoms with Crippen LogP contribution < -0.4 is 4.74 Å². The van der Waals surface area contributed by atoms with Crippen LogP contribution >= 0.6 is 11.6 Å². The zero-order valence-electron chi connectivity index (χ0n) is 10.7. The van der Waals surface area contributed by atoms with Gasteiger partial charge in [0.15, 0.2) is 5.75 Å². The first kappa shape index (κ1) is 12.7. The second-order valence-corrected chi connectivity index (χ2v) is 4.86. The molecular weight excluding hydrogens is 276 g/mol. The van der Waals surface area contributed by atoms with Crippen molar-refractivity contribution < 1.29 is 9.53 Å². The minimum atomic E-state index is -0.428. The molecule has 0 unspecified atom stereocenters. The van der Waals surface area contributed by atoms with Crippen LogP contribution in [0.25, 0.3) is 10.9 Å². The first-order valence-electron chi connectivity index (χ1n) is 6.04. The molecule has 5 heteroatoms. The van der Waals surface area contributed by atoms with Gasteiger partial charge in [0.1, 0.15) is 0 Å². The van der Waals surface area contributed by atoms with Gasteiger partial charge in [0, 0.05) is 29.4 Å². The number of rotatable bonds is 2. The van der Waals surface area contributed by atoms with Crippen LogP contribution in [-0.2, 0) is 0 Å². The fraction of sp³-hybridized carbons (Fsp3) is 0.0667. The SMILES string of the molecule is Cc1c[nH]c2cccc(C(=O)Oc3cncc(Cl)c3)c12. The Morgan fingerprint density at radius 2 is 2.20 bits per heavy atom. The van der Waals surface area contributed by atoms with Crippen LogP contribution in [-0.4, -0.2) is 15.9 Å². The zero-order valence-corrected chi connectivity index (χ0v) is 11.4. The highest BCUT2D eigenvalue weighted by Gasteiger charge is 2.15. The molecule has 0 saturated heterocycles. The maximum atomic E-state index is 12.3. The average Bonchev–Trinajstić information content (AvgIpc) is 2.81. The van der Waals surface area contributed by atoms with Crippen molar-refractivity contribution in [2.45, 2.75) is 6.92 Å². The normalized spacial score (nSPS) is 10.7. The van der Waals surface area contributed by atoms with Gasteiger partial charge >= 0.3 is 5.97 Å². The van der Waals surface area contributed by atoms with Crippen molar-refractivity contribution in [2.24, 2.45) is 0 Å². The molecule has 20 heavy (non-hydrogen) atoms. The molecule has 0 atom stereocenters. The molecule has 0 fully saturated rings. The van der Waals surface area contributed by atoms with E-state index in [4.69, 9.17) is 16.3 Å². The minimum Gasteiger partial charge on any atom is -0.421 e. The number of aromatic amines is 1. The predicted molar refractivity (Wildman–Crippen MR) is 77.2 cm³/mol. The van der Waals surface area contributed by atoms with Gasteiger partial charge in [-0.3, -0.25) is 4.98 Å². The quantitative estimate of drug-likeness (QED) is 0.730. The van der Waals surface area contributed by atoms with E-state index in [1.165, 1.54) is 12.4 Å². The molecule has 0 aliphatic rings. The second kappa shape index (κ2) is 4.98. The lowest BCUT2D eigenvalue weighted by atomic mass is 10.1. The van der Waals surface area contributed by atoms with E-state index in [1.807, 2.05) is 25.3 Å². The number of fused-ring (bicyclic) bond motifs is 1. The van der Waals surface area contributed by atoms with E-state index >= 15 is 0 Å². The molecule has 0 amide bonds. The Hall–Kier alpha value is -2.33. The minimum absolute atomic E-state index is 0.327. The van der Waals surface area contributed by atoms with E-state index in [0.717, 1.165) is 16.5 Å². The lowest BCUT2D eigenvalue weighted by Gasteiger charge is -2.06. The Labute approximate surface area is 120 Å². The molecule has 1 aromatic carbocycles. The van der Waals surface area contributed by atoms with Gasteiger partial charge in [0.25, 0.3) is 0 Å². The highest BCUT2D eigenvalue weighted by molar-refractivity contribution is 6.30. The Balaban J connectivity index is 1.99. The summed E-state index contributed by atoms with van der Waals surface area (Å²) in [6, 6.07) is 7.02. The largest absolute Gasteiger partial charge is 0.421 e. The number of H-pyrrole nitrogens is 1. The van der Waals surface area contributed by atoms with E-state index < -0.39 is 5.97 Å². The molecule has 4 nitrogen and oxygen atoms in total. The number of hydrogen-bond donors (Lipinski definition) is 1. The van der Waals surface area contributed by atoms with Gasteiger partial charge in [0.05, 0.1) is 16.8 Å². The summed E-state index contributed by atoms with van der Waals surface area (Å²) in [6.07, 6.45) is 4.80. The van der Waals surface area contributed by atoms with Crippen molar-refractivity contribution >= 4 is 28.5 Å². The number of aromatic nitrogens is 2. The van der Waals surface area contributed by atoms with Gasteiger partial charge in [-0.25, -0.2) is 4.79 Å². The molecule has 2 aromatic heterocycles. The van der Waals surface area contributed by atoms with Gasteiger partial charge in [-0.1, -0.05) is 17.7 Å².